The number of carbonyl (C=O) groups excluding carboxylic acids is 1. The number of benzene rings is 1. The molecule has 1 aromatic rings. The Labute approximate surface area is 115 Å². The fourth-order valence-electron chi connectivity index (χ4n) is 2.15. The molecule has 1 aliphatic carbocycles. The van der Waals surface area contributed by atoms with Crippen molar-refractivity contribution in [2.24, 2.45) is 5.92 Å². The third kappa shape index (κ3) is 3.62. The van der Waals surface area contributed by atoms with Crippen molar-refractivity contribution in [2.45, 2.75) is 25.4 Å². The van der Waals surface area contributed by atoms with Gasteiger partial charge in [0.05, 0.1) is 12.2 Å². The molecule has 2 rings (SSSR count). The SMILES string of the molecule is CCOC(=O)C=C[C@@H]1C[C@@H]1c1cccc(C(F)(F)F)c1. The molecule has 1 saturated carbocycles. The molecule has 20 heavy (non-hydrogen) atoms. The lowest BCUT2D eigenvalue weighted by molar-refractivity contribution is -0.138. The zero-order valence-electron chi connectivity index (χ0n) is 11.0. The van der Waals surface area contributed by atoms with Crippen LogP contribution in [0.1, 0.15) is 30.4 Å². The smallest absolute Gasteiger partial charge is 0.416 e. The van der Waals surface area contributed by atoms with Crippen molar-refractivity contribution in [3.8, 4) is 0 Å². The largest absolute Gasteiger partial charge is 0.463 e. The average Bonchev–Trinajstić information content (AvgIpc) is 3.15. The number of allylic oxidation sites excluding steroid dienone is 1. The van der Waals surface area contributed by atoms with Crippen LogP contribution < -0.4 is 0 Å². The van der Waals surface area contributed by atoms with Gasteiger partial charge in [0, 0.05) is 6.08 Å². The molecule has 1 aromatic carbocycles. The molecule has 0 radical (unpaired) electrons. The number of esters is 1. The number of ether oxygens (including phenoxy) is 1. The van der Waals surface area contributed by atoms with Gasteiger partial charge >= 0.3 is 12.1 Å². The van der Waals surface area contributed by atoms with Crippen LogP contribution in [-0.4, -0.2) is 12.6 Å². The van der Waals surface area contributed by atoms with Crippen LogP contribution in [0.2, 0.25) is 0 Å². The number of halogens is 3. The Kier molecular flexibility index (Phi) is 4.16. The maximum atomic E-state index is 12.6. The van der Waals surface area contributed by atoms with Gasteiger partial charge in [-0.1, -0.05) is 24.3 Å². The Morgan fingerprint density at radius 2 is 2.20 bits per heavy atom. The predicted molar refractivity (Wildman–Crippen MR) is 68.1 cm³/mol. The van der Waals surface area contributed by atoms with E-state index in [4.69, 9.17) is 4.74 Å². The topological polar surface area (TPSA) is 26.3 Å². The molecule has 5 heteroatoms. The summed E-state index contributed by atoms with van der Waals surface area (Å²) in [6.45, 7) is 2.03. The molecular weight excluding hydrogens is 269 g/mol. The van der Waals surface area contributed by atoms with Gasteiger partial charge in [0.1, 0.15) is 0 Å². The standard InChI is InChI=1S/C15H15F3O2/c1-2-20-14(19)7-6-11-9-13(11)10-4-3-5-12(8-10)15(16,17)18/h3-8,11,13H,2,9H2,1H3/t11-,13-/m1/s1. The quantitative estimate of drug-likeness (QED) is 0.618. The van der Waals surface area contributed by atoms with Crippen molar-refractivity contribution >= 4 is 5.97 Å². The highest BCUT2D eigenvalue weighted by molar-refractivity contribution is 5.82. The van der Waals surface area contributed by atoms with Crippen LogP contribution in [0.15, 0.2) is 36.4 Å². The van der Waals surface area contributed by atoms with E-state index in [0.29, 0.717) is 12.2 Å². The van der Waals surface area contributed by atoms with Crippen LogP contribution in [0.25, 0.3) is 0 Å². The Morgan fingerprint density at radius 1 is 1.45 bits per heavy atom. The summed E-state index contributed by atoms with van der Waals surface area (Å²) in [6, 6.07) is 5.36. The van der Waals surface area contributed by atoms with E-state index in [1.807, 2.05) is 0 Å². The molecule has 0 aromatic heterocycles. The average molecular weight is 284 g/mol. The van der Waals surface area contributed by atoms with Gasteiger partial charge in [-0.3, -0.25) is 0 Å². The van der Waals surface area contributed by atoms with Crippen LogP contribution in [0.3, 0.4) is 0 Å². The number of carbonyl (C=O) groups is 1. The van der Waals surface area contributed by atoms with E-state index in [9.17, 15) is 18.0 Å². The minimum Gasteiger partial charge on any atom is -0.463 e. The second kappa shape index (κ2) is 5.69. The number of hydrogen-bond acceptors (Lipinski definition) is 2. The van der Waals surface area contributed by atoms with Gasteiger partial charge in [-0.2, -0.15) is 13.2 Å². The maximum Gasteiger partial charge on any atom is 0.416 e. The second-order valence-electron chi connectivity index (χ2n) is 4.74. The maximum absolute atomic E-state index is 12.6. The molecular formula is C15H15F3O2. The lowest BCUT2D eigenvalue weighted by Crippen LogP contribution is -2.05. The van der Waals surface area contributed by atoms with Crippen molar-refractivity contribution in [3.63, 3.8) is 0 Å². The highest BCUT2D eigenvalue weighted by atomic mass is 19.4. The fraction of sp³-hybridized carbons (Fsp3) is 0.400. The molecule has 0 saturated heterocycles. The molecule has 108 valence electrons. The molecule has 0 spiro atoms. The zero-order chi connectivity index (χ0) is 14.8. The highest BCUT2D eigenvalue weighted by Gasteiger charge is 2.38. The fourth-order valence-corrected chi connectivity index (χ4v) is 2.15. The third-order valence-corrected chi connectivity index (χ3v) is 3.25. The highest BCUT2D eigenvalue weighted by Crippen LogP contribution is 2.49. The summed E-state index contributed by atoms with van der Waals surface area (Å²) in [7, 11) is 0. The van der Waals surface area contributed by atoms with E-state index in [1.54, 1.807) is 19.1 Å². The molecule has 0 heterocycles. The first-order valence-electron chi connectivity index (χ1n) is 6.44. The Balaban J connectivity index is 2.00. The molecule has 2 nitrogen and oxygen atoms in total. The first kappa shape index (κ1) is 14.6. The Hall–Kier alpha value is -1.78. The van der Waals surface area contributed by atoms with Gasteiger partial charge in [0.2, 0.25) is 0 Å². The molecule has 0 N–H and O–H groups in total. The monoisotopic (exact) mass is 284 g/mol. The van der Waals surface area contributed by atoms with Gasteiger partial charge in [0.15, 0.2) is 0 Å². The van der Waals surface area contributed by atoms with Crippen LogP contribution in [0.4, 0.5) is 13.2 Å². The van der Waals surface area contributed by atoms with Crippen molar-refractivity contribution in [2.75, 3.05) is 6.61 Å². The predicted octanol–water partition coefficient (Wildman–Crippen LogP) is 3.93. The van der Waals surface area contributed by atoms with Crippen molar-refractivity contribution in [3.05, 3.63) is 47.5 Å². The summed E-state index contributed by atoms with van der Waals surface area (Å²) in [5, 5.41) is 0. The molecule has 0 bridgehead atoms. The molecule has 1 aliphatic rings. The van der Waals surface area contributed by atoms with Crippen LogP contribution in [-0.2, 0) is 15.7 Å². The normalized spacial score (nSPS) is 22.0. The summed E-state index contributed by atoms with van der Waals surface area (Å²) in [4.78, 5) is 11.1. The Morgan fingerprint density at radius 3 is 2.85 bits per heavy atom. The summed E-state index contributed by atoms with van der Waals surface area (Å²) in [5.74, 6) is -0.243. The minimum atomic E-state index is -4.32. The number of alkyl halides is 3. The Bertz CT molecular complexity index is 520. The molecule has 0 unspecified atom stereocenters. The number of rotatable bonds is 4. The van der Waals surface area contributed by atoms with Crippen molar-refractivity contribution in [1.29, 1.82) is 0 Å². The summed E-state index contributed by atoms with van der Waals surface area (Å²) in [6.07, 6.45) is -0.497. The van der Waals surface area contributed by atoms with E-state index in [1.165, 1.54) is 18.2 Å². The van der Waals surface area contributed by atoms with Gasteiger partial charge < -0.3 is 4.74 Å². The van der Waals surface area contributed by atoms with E-state index in [0.717, 1.165) is 12.5 Å². The third-order valence-electron chi connectivity index (χ3n) is 3.25. The van der Waals surface area contributed by atoms with Gasteiger partial charge in [-0.15, -0.1) is 0 Å². The summed E-state index contributed by atoms with van der Waals surface area (Å²) < 4.78 is 42.6. The summed E-state index contributed by atoms with van der Waals surface area (Å²) >= 11 is 0. The summed E-state index contributed by atoms with van der Waals surface area (Å²) in [5.41, 5.74) is 0.0355. The molecule has 2 atom stereocenters. The van der Waals surface area contributed by atoms with E-state index >= 15 is 0 Å². The van der Waals surface area contributed by atoms with Crippen LogP contribution in [0, 0.1) is 5.92 Å². The van der Waals surface area contributed by atoms with E-state index in [2.05, 4.69) is 0 Å². The molecule has 1 fully saturated rings. The second-order valence-corrected chi connectivity index (χ2v) is 4.74. The van der Waals surface area contributed by atoms with E-state index < -0.39 is 17.7 Å². The van der Waals surface area contributed by atoms with Crippen molar-refractivity contribution in [1.82, 2.24) is 0 Å². The van der Waals surface area contributed by atoms with Crippen LogP contribution in [0.5, 0.6) is 0 Å². The van der Waals surface area contributed by atoms with Gasteiger partial charge in [-0.25, -0.2) is 4.79 Å². The van der Waals surface area contributed by atoms with E-state index in [-0.39, 0.29) is 11.8 Å². The lowest BCUT2D eigenvalue weighted by Gasteiger charge is -2.08. The first-order chi connectivity index (χ1) is 9.41. The van der Waals surface area contributed by atoms with Gasteiger partial charge in [-0.05, 0) is 36.8 Å². The van der Waals surface area contributed by atoms with Crippen molar-refractivity contribution < 1.29 is 22.7 Å². The zero-order valence-corrected chi connectivity index (χ0v) is 11.0. The molecule has 0 amide bonds. The number of hydrogen-bond donors (Lipinski definition) is 0. The molecule has 0 aliphatic heterocycles. The van der Waals surface area contributed by atoms with Crippen LogP contribution >= 0.6 is 0 Å². The minimum absolute atomic E-state index is 0.0583. The van der Waals surface area contributed by atoms with Gasteiger partial charge in [0.25, 0.3) is 0 Å². The first-order valence-corrected chi connectivity index (χ1v) is 6.44. The lowest BCUT2D eigenvalue weighted by atomic mass is 10.1.